The highest BCUT2D eigenvalue weighted by atomic mass is 35.5. The van der Waals surface area contributed by atoms with Crippen molar-refractivity contribution in [1.82, 2.24) is 5.32 Å². The minimum atomic E-state index is -0.198. The van der Waals surface area contributed by atoms with Crippen LogP contribution in [0, 0.1) is 0 Å². The van der Waals surface area contributed by atoms with E-state index in [0.29, 0.717) is 16.3 Å². The number of ether oxygens (including phenoxy) is 1. The molecule has 1 aliphatic rings. The third kappa shape index (κ3) is 4.55. The van der Waals surface area contributed by atoms with Crippen LogP contribution in [0.4, 0.5) is 0 Å². The lowest BCUT2D eigenvalue weighted by molar-refractivity contribution is -0.123. The Morgan fingerprint density at radius 2 is 2.12 bits per heavy atom. The largest absolute Gasteiger partial charge is 0.484 e. The van der Waals surface area contributed by atoms with Gasteiger partial charge in [0.15, 0.2) is 12.4 Å². The first-order valence-corrected chi connectivity index (χ1v) is 9.34. The number of hydrogen-bond donors (Lipinski definition) is 1. The van der Waals surface area contributed by atoms with E-state index in [1.165, 1.54) is 6.92 Å². The van der Waals surface area contributed by atoms with Gasteiger partial charge in [-0.1, -0.05) is 23.7 Å². The highest BCUT2D eigenvalue weighted by molar-refractivity contribution is 7.99. The van der Waals surface area contributed by atoms with Gasteiger partial charge in [0.2, 0.25) is 0 Å². The summed E-state index contributed by atoms with van der Waals surface area (Å²) in [7, 11) is 0. The maximum Gasteiger partial charge on any atom is 0.258 e. The molecule has 4 nitrogen and oxygen atoms in total. The van der Waals surface area contributed by atoms with E-state index in [4.69, 9.17) is 16.3 Å². The number of carbonyl (C=O) groups excluding carboxylic acids is 2. The number of hydrogen-bond acceptors (Lipinski definition) is 4. The van der Waals surface area contributed by atoms with Gasteiger partial charge in [-0.25, -0.2) is 0 Å². The predicted octanol–water partition coefficient (Wildman–Crippen LogP) is 4.27. The van der Waals surface area contributed by atoms with Gasteiger partial charge in [0, 0.05) is 21.2 Å². The van der Waals surface area contributed by atoms with Crippen molar-refractivity contribution in [2.75, 3.05) is 12.4 Å². The Kier molecular flexibility index (Phi) is 5.66. The van der Waals surface area contributed by atoms with E-state index in [2.05, 4.69) is 5.32 Å². The van der Waals surface area contributed by atoms with E-state index >= 15 is 0 Å². The van der Waals surface area contributed by atoms with Crippen LogP contribution in [-0.2, 0) is 4.79 Å². The minimum Gasteiger partial charge on any atom is -0.484 e. The van der Waals surface area contributed by atoms with E-state index in [1.807, 2.05) is 18.2 Å². The van der Waals surface area contributed by atoms with Crippen LogP contribution in [0.2, 0.25) is 5.02 Å². The van der Waals surface area contributed by atoms with Crippen LogP contribution in [0.15, 0.2) is 47.4 Å². The summed E-state index contributed by atoms with van der Waals surface area (Å²) in [5.74, 6) is 1.21. The summed E-state index contributed by atoms with van der Waals surface area (Å²) in [6.07, 6.45) is 0.851. The quantitative estimate of drug-likeness (QED) is 0.793. The lowest BCUT2D eigenvalue weighted by Gasteiger charge is -2.26. The molecule has 130 valence electrons. The highest BCUT2D eigenvalue weighted by Gasteiger charge is 2.22. The van der Waals surface area contributed by atoms with Gasteiger partial charge in [-0.2, -0.15) is 0 Å². The van der Waals surface area contributed by atoms with Crippen molar-refractivity contribution < 1.29 is 14.3 Å². The number of ketones is 1. The van der Waals surface area contributed by atoms with Crippen molar-refractivity contribution in [3.63, 3.8) is 0 Å². The van der Waals surface area contributed by atoms with Crippen LogP contribution < -0.4 is 10.1 Å². The Morgan fingerprint density at radius 1 is 1.28 bits per heavy atom. The highest BCUT2D eigenvalue weighted by Crippen LogP contribution is 2.37. The van der Waals surface area contributed by atoms with Gasteiger partial charge in [0.1, 0.15) is 5.75 Å². The van der Waals surface area contributed by atoms with Crippen molar-refractivity contribution >= 4 is 35.1 Å². The molecule has 0 aromatic heterocycles. The average molecular weight is 376 g/mol. The summed E-state index contributed by atoms with van der Waals surface area (Å²) in [5, 5.41) is 3.67. The number of carbonyl (C=O) groups is 2. The molecule has 0 radical (unpaired) electrons. The zero-order chi connectivity index (χ0) is 17.8. The van der Waals surface area contributed by atoms with E-state index in [-0.39, 0.29) is 24.3 Å². The van der Waals surface area contributed by atoms with Crippen LogP contribution >= 0.6 is 23.4 Å². The van der Waals surface area contributed by atoms with Gasteiger partial charge in [0.25, 0.3) is 5.91 Å². The molecule has 6 heteroatoms. The summed E-state index contributed by atoms with van der Waals surface area (Å²) in [5.41, 5.74) is 1.61. The fourth-order valence-corrected chi connectivity index (χ4v) is 3.99. The van der Waals surface area contributed by atoms with Gasteiger partial charge in [0.05, 0.1) is 6.04 Å². The van der Waals surface area contributed by atoms with Crippen LogP contribution in [0.25, 0.3) is 0 Å². The third-order valence-corrected chi connectivity index (χ3v) is 5.31. The van der Waals surface area contributed by atoms with Crippen molar-refractivity contribution in [3.05, 3.63) is 58.6 Å². The molecule has 0 bridgehead atoms. The molecule has 0 spiro atoms. The Morgan fingerprint density at radius 3 is 2.92 bits per heavy atom. The summed E-state index contributed by atoms with van der Waals surface area (Å²) in [6.45, 7) is 1.40. The molecule has 0 saturated heterocycles. The fourth-order valence-electron chi connectivity index (χ4n) is 2.70. The Bertz CT molecular complexity index is 809. The fraction of sp³-hybridized carbons (Fsp3) is 0.263. The SMILES string of the molecule is CC(=O)c1cccc(OCC(=O)N[C@H]2CCSc3ccc(Cl)cc32)c1. The van der Waals surface area contributed by atoms with Gasteiger partial charge in [-0.05, 0) is 49.2 Å². The molecule has 1 amide bonds. The zero-order valence-corrected chi connectivity index (χ0v) is 15.3. The van der Waals surface area contributed by atoms with Crippen LogP contribution in [-0.4, -0.2) is 24.1 Å². The summed E-state index contributed by atoms with van der Waals surface area (Å²) >= 11 is 7.86. The molecule has 1 N–H and O–H groups in total. The standard InChI is InChI=1S/C19H18ClNO3S/c1-12(22)13-3-2-4-15(9-13)24-11-19(23)21-17-7-8-25-18-6-5-14(20)10-16(17)18/h2-6,9-10,17H,7-8,11H2,1H3,(H,21,23)/t17-/m0/s1. The van der Waals surface area contributed by atoms with Crippen LogP contribution in [0.1, 0.15) is 35.3 Å². The molecule has 0 unspecified atom stereocenters. The van der Waals surface area contributed by atoms with E-state index < -0.39 is 0 Å². The lowest BCUT2D eigenvalue weighted by atomic mass is 10.0. The maximum absolute atomic E-state index is 12.3. The molecule has 2 aromatic carbocycles. The van der Waals surface area contributed by atoms with Crippen molar-refractivity contribution in [1.29, 1.82) is 0 Å². The first kappa shape index (κ1) is 17.8. The third-order valence-electron chi connectivity index (χ3n) is 3.96. The normalized spacial score (nSPS) is 16.0. The van der Waals surface area contributed by atoms with Gasteiger partial charge >= 0.3 is 0 Å². The predicted molar refractivity (Wildman–Crippen MR) is 99.6 cm³/mol. The Labute approximate surface area is 155 Å². The van der Waals surface area contributed by atoms with Gasteiger partial charge in [-0.15, -0.1) is 11.8 Å². The first-order valence-electron chi connectivity index (χ1n) is 7.98. The molecule has 0 saturated carbocycles. The summed E-state index contributed by atoms with van der Waals surface area (Å²) in [4.78, 5) is 24.8. The number of rotatable bonds is 5. The molecule has 0 aliphatic carbocycles. The molecule has 25 heavy (non-hydrogen) atoms. The number of thioether (sulfide) groups is 1. The molecular formula is C19H18ClNO3S. The topological polar surface area (TPSA) is 55.4 Å². The number of benzene rings is 2. The first-order chi connectivity index (χ1) is 12.0. The van der Waals surface area contributed by atoms with Gasteiger partial charge in [-0.3, -0.25) is 9.59 Å². The van der Waals surface area contributed by atoms with Crippen LogP contribution in [0.3, 0.4) is 0 Å². The smallest absolute Gasteiger partial charge is 0.258 e. The van der Waals surface area contributed by atoms with Crippen molar-refractivity contribution in [2.45, 2.75) is 24.3 Å². The second kappa shape index (κ2) is 7.93. The zero-order valence-electron chi connectivity index (χ0n) is 13.8. The summed E-state index contributed by atoms with van der Waals surface area (Å²) < 4.78 is 5.52. The lowest BCUT2D eigenvalue weighted by Crippen LogP contribution is -2.34. The maximum atomic E-state index is 12.3. The molecule has 1 aliphatic heterocycles. The number of halogens is 1. The van der Waals surface area contributed by atoms with Crippen molar-refractivity contribution in [3.8, 4) is 5.75 Å². The summed E-state index contributed by atoms with van der Waals surface area (Å²) in [6, 6.07) is 12.5. The second-order valence-electron chi connectivity index (χ2n) is 5.81. The Hall–Kier alpha value is -1.98. The number of nitrogens with one attached hydrogen (secondary N) is 1. The second-order valence-corrected chi connectivity index (χ2v) is 7.39. The Balaban J connectivity index is 1.61. The minimum absolute atomic E-state index is 0.0388. The number of Topliss-reactive ketones (excluding diaryl/α,β-unsaturated/α-hetero) is 1. The molecular weight excluding hydrogens is 358 g/mol. The van der Waals surface area contributed by atoms with E-state index in [0.717, 1.165) is 22.6 Å². The van der Waals surface area contributed by atoms with Gasteiger partial charge < -0.3 is 10.1 Å². The molecule has 1 heterocycles. The van der Waals surface area contributed by atoms with E-state index in [9.17, 15) is 9.59 Å². The van der Waals surface area contributed by atoms with Crippen molar-refractivity contribution in [2.24, 2.45) is 0 Å². The number of fused-ring (bicyclic) bond motifs is 1. The molecule has 3 rings (SSSR count). The monoisotopic (exact) mass is 375 g/mol. The van der Waals surface area contributed by atoms with Crippen LogP contribution in [0.5, 0.6) is 5.75 Å². The molecule has 2 aromatic rings. The molecule has 0 fully saturated rings. The average Bonchev–Trinajstić information content (AvgIpc) is 2.61. The number of amides is 1. The molecule has 1 atom stereocenters. The van der Waals surface area contributed by atoms with E-state index in [1.54, 1.807) is 36.0 Å².